The van der Waals surface area contributed by atoms with Crippen LogP contribution in [0.5, 0.6) is 5.75 Å². The van der Waals surface area contributed by atoms with Crippen LogP contribution in [-0.4, -0.2) is 34.6 Å². The number of carboxylic acid groups (broad SMARTS) is 1. The summed E-state index contributed by atoms with van der Waals surface area (Å²) in [6.45, 7) is 0. The van der Waals surface area contributed by atoms with Crippen LogP contribution >= 0.6 is 22.6 Å². The number of halogens is 5. The second-order valence-electron chi connectivity index (χ2n) is 9.18. The molecular formula is C30H24F4IN3O4. The van der Waals surface area contributed by atoms with Crippen LogP contribution in [-0.2, 0) is 16.4 Å². The first kappa shape index (κ1) is 30.8. The number of hydrogen-bond donors (Lipinski definition) is 3. The number of para-hydroxylation sites is 1. The van der Waals surface area contributed by atoms with E-state index in [2.05, 4.69) is 42.9 Å². The molecule has 0 aliphatic carbocycles. The third-order valence-corrected chi connectivity index (χ3v) is 7.18. The summed E-state index contributed by atoms with van der Waals surface area (Å²) in [7, 11) is 0. The zero-order valence-electron chi connectivity index (χ0n) is 21.7. The summed E-state index contributed by atoms with van der Waals surface area (Å²) in [5.74, 6) is -1.82. The quantitative estimate of drug-likeness (QED) is 0.0873. The molecule has 0 aliphatic rings. The molecule has 4 aromatic rings. The third kappa shape index (κ3) is 7.16. The summed E-state index contributed by atoms with van der Waals surface area (Å²) in [5.41, 5.74) is 0.389. The molecule has 2 amide bonds. The normalized spacial score (nSPS) is 12.8. The lowest BCUT2D eigenvalue weighted by Crippen LogP contribution is -2.50. The number of carbonyl (C=O) groups is 2. The summed E-state index contributed by atoms with van der Waals surface area (Å²) in [6, 6.07) is 22.4. The van der Waals surface area contributed by atoms with Crippen LogP contribution in [0.2, 0.25) is 0 Å². The Morgan fingerprint density at radius 1 is 0.929 bits per heavy atom. The van der Waals surface area contributed by atoms with E-state index in [4.69, 9.17) is 0 Å². The van der Waals surface area contributed by atoms with Gasteiger partial charge in [0.2, 0.25) is 0 Å². The highest BCUT2D eigenvalue weighted by molar-refractivity contribution is 14.1. The van der Waals surface area contributed by atoms with Crippen molar-refractivity contribution in [2.24, 2.45) is 0 Å². The lowest BCUT2D eigenvalue weighted by Gasteiger charge is -2.36. The van der Waals surface area contributed by atoms with Gasteiger partial charge >= 0.3 is 24.5 Å². The Bertz CT molecular complexity index is 1540. The van der Waals surface area contributed by atoms with Gasteiger partial charge < -0.3 is 20.5 Å². The number of hydrogen-bond acceptors (Lipinski definition) is 4. The lowest BCUT2D eigenvalue weighted by atomic mass is 9.80. The van der Waals surface area contributed by atoms with E-state index >= 15 is 0 Å². The van der Waals surface area contributed by atoms with Crippen LogP contribution in [0.25, 0.3) is 0 Å². The van der Waals surface area contributed by atoms with Crippen molar-refractivity contribution in [3.63, 3.8) is 0 Å². The van der Waals surface area contributed by atoms with Crippen molar-refractivity contribution in [1.29, 1.82) is 0 Å². The maximum atomic E-state index is 13.9. The number of alkyl halides is 5. The number of ether oxygens (including phenoxy) is 1. The molecule has 0 bridgehead atoms. The molecule has 1 heterocycles. The molecule has 12 heteroatoms. The Labute approximate surface area is 252 Å². The third-order valence-electron chi connectivity index (χ3n) is 6.30. The Morgan fingerprint density at radius 2 is 1.64 bits per heavy atom. The van der Waals surface area contributed by atoms with Crippen LogP contribution in [0.15, 0.2) is 97.2 Å². The SMILES string of the molecule is O=C(Nc1ccccc1C(=O)O)N[C@@](Cc1ccccc1)(c1cccc(OC(F)(F)C(F)F)c1)c1ccc(CI)cn1. The lowest BCUT2D eigenvalue weighted by molar-refractivity contribution is -0.253. The molecule has 1 atom stereocenters. The minimum atomic E-state index is -4.76. The fourth-order valence-corrected chi connectivity index (χ4v) is 4.78. The first-order valence-corrected chi connectivity index (χ1v) is 14.0. The van der Waals surface area contributed by atoms with Gasteiger partial charge in [-0.2, -0.15) is 17.6 Å². The van der Waals surface area contributed by atoms with Gasteiger partial charge in [0.25, 0.3) is 0 Å². The van der Waals surface area contributed by atoms with Crippen molar-refractivity contribution in [2.75, 3.05) is 5.32 Å². The topological polar surface area (TPSA) is 101 Å². The predicted molar refractivity (Wildman–Crippen MR) is 156 cm³/mol. The van der Waals surface area contributed by atoms with Crippen molar-refractivity contribution in [3.8, 4) is 5.75 Å². The number of nitrogens with one attached hydrogen (secondary N) is 2. The van der Waals surface area contributed by atoms with Crippen LogP contribution in [0, 0.1) is 0 Å². The maximum absolute atomic E-state index is 13.9. The second-order valence-corrected chi connectivity index (χ2v) is 9.94. The van der Waals surface area contributed by atoms with Gasteiger partial charge in [-0.15, -0.1) is 0 Å². The summed E-state index contributed by atoms with van der Waals surface area (Å²) >= 11 is 2.16. The van der Waals surface area contributed by atoms with Gasteiger partial charge in [0.15, 0.2) is 0 Å². The molecule has 0 saturated carbocycles. The summed E-state index contributed by atoms with van der Waals surface area (Å²) in [5, 5.41) is 15.0. The Morgan fingerprint density at radius 3 is 2.29 bits per heavy atom. The van der Waals surface area contributed by atoms with Crippen molar-refractivity contribution >= 4 is 40.3 Å². The smallest absolute Gasteiger partial charge is 0.461 e. The number of pyridine rings is 1. The van der Waals surface area contributed by atoms with E-state index in [-0.39, 0.29) is 23.2 Å². The molecule has 42 heavy (non-hydrogen) atoms. The number of anilines is 1. The number of aromatic nitrogens is 1. The van der Waals surface area contributed by atoms with Gasteiger partial charge in [0.1, 0.15) is 11.3 Å². The zero-order chi connectivity index (χ0) is 30.3. The van der Waals surface area contributed by atoms with Gasteiger partial charge in [0, 0.05) is 17.0 Å². The Balaban J connectivity index is 1.87. The zero-order valence-corrected chi connectivity index (χ0v) is 23.9. The molecule has 1 aromatic heterocycles. The van der Waals surface area contributed by atoms with Gasteiger partial charge in [-0.1, -0.05) is 83.3 Å². The van der Waals surface area contributed by atoms with E-state index in [1.54, 1.807) is 54.7 Å². The van der Waals surface area contributed by atoms with Crippen molar-refractivity contribution in [3.05, 3.63) is 125 Å². The van der Waals surface area contributed by atoms with Gasteiger partial charge in [-0.25, -0.2) is 9.59 Å². The average Bonchev–Trinajstić information content (AvgIpc) is 2.97. The highest BCUT2D eigenvalue weighted by Crippen LogP contribution is 2.36. The van der Waals surface area contributed by atoms with Gasteiger partial charge in [-0.05, 0) is 47.0 Å². The van der Waals surface area contributed by atoms with Crippen molar-refractivity contribution in [1.82, 2.24) is 10.3 Å². The highest BCUT2D eigenvalue weighted by Gasteiger charge is 2.44. The summed E-state index contributed by atoms with van der Waals surface area (Å²) in [4.78, 5) is 29.9. The minimum Gasteiger partial charge on any atom is -0.478 e. The number of rotatable bonds is 11. The van der Waals surface area contributed by atoms with E-state index in [1.165, 1.54) is 30.3 Å². The van der Waals surface area contributed by atoms with Crippen LogP contribution in [0.4, 0.5) is 28.0 Å². The number of carboxylic acids is 1. The summed E-state index contributed by atoms with van der Waals surface area (Å²) < 4.78 is 58.6. The molecule has 3 aromatic carbocycles. The number of carbonyl (C=O) groups excluding carboxylic acids is 1. The van der Waals surface area contributed by atoms with Crippen molar-refractivity contribution in [2.45, 2.75) is 28.9 Å². The number of aromatic carboxylic acids is 1. The fourth-order valence-electron chi connectivity index (χ4n) is 4.33. The molecule has 0 unspecified atom stereocenters. The molecule has 7 nitrogen and oxygen atoms in total. The standard InChI is InChI=1S/C30H24F4IN3O4/c31-27(32)30(33,34)42-22-10-6-9-21(15-22)29(16-19-7-2-1-3-8-19,25-14-13-20(17-35)18-36-25)38-28(41)37-24-12-5-4-11-23(24)26(39)40/h1-15,18,27H,16-17H2,(H,39,40)(H2,37,38,41)/t29-/m0/s1. The highest BCUT2D eigenvalue weighted by atomic mass is 127. The average molecular weight is 693 g/mol. The van der Waals surface area contributed by atoms with E-state index < -0.39 is 35.8 Å². The predicted octanol–water partition coefficient (Wildman–Crippen LogP) is 7.26. The van der Waals surface area contributed by atoms with Crippen LogP contribution < -0.4 is 15.4 Å². The number of amides is 2. The van der Waals surface area contributed by atoms with E-state index in [9.17, 15) is 32.3 Å². The first-order valence-electron chi connectivity index (χ1n) is 12.5. The largest absolute Gasteiger partial charge is 0.478 e. The number of nitrogens with zero attached hydrogens (tertiary/aromatic N) is 1. The first-order chi connectivity index (χ1) is 20.0. The number of urea groups is 1. The molecule has 4 rings (SSSR count). The summed E-state index contributed by atoms with van der Waals surface area (Å²) in [6.07, 6.45) is -7.18. The molecule has 218 valence electrons. The number of benzene rings is 3. The molecule has 0 radical (unpaired) electrons. The second kappa shape index (κ2) is 13.2. The molecule has 0 aliphatic heterocycles. The minimum absolute atomic E-state index is 0.0120. The Hall–Kier alpha value is -4.20. The molecule has 0 fully saturated rings. The van der Waals surface area contributed by atoms with E-state index in [0.29, 0.717) is 15.7 Å². The molecular weight excluding hydrogens is 669 g/mol. The van der Waals surface area contributed by atoms with Crippen LogP contribution in [0.3, 0.4) is 0 Å². The molecule has 3 N–H and O–H groups in total. The van der Waals surface area contributed by atoms with E-state index in [1.807, 2.05) is 0 Å². The monoisotopic (exact) mass is 693 g/mol. The van der Waals surface area contributed by atoms with Crippen LogP contribution in [0.1, 0.15) is 32.7 Å². The Kier molecular flexibility index (Phi) is 9.66. The van der Waals surface area contributed by atoms with Crippen molar-refractivity contribution < 1.29 is 37.0 Å². The van der Waals surface area contributed by atoms with E-state index in [0.717, 1.165) is 17.7 Å². The van der Waals surface area contributed by atoms with Gasteiger partial charge in [0.05, 0.1) is 16.9 Å². The fraction of sp³-hybridized carbons (Fsp3) is 0.167. The maximum Gasteiger partial charge on any atom is 0.461 e. The molecule has 0 spiro atoms. The van der Waals surface area contributed by atoms with Gasteiger partial charge in [-0.3, -0.25) is 4.98 Å². The molecule has 0 saturated heterocycles.